The number of hydrogen-bond donors (Lipinski definition) is 1. The van der Waals surface area contributed by atoms with Crippen molar-refractivity contribution in [1.29, 1.82) is 0 Å². The van der Waals surface area contributed by atoms with Crippen LogP contribution in [0.4, 0.5) is 4.39 Å². The first-order valence-electron chi connectivity index (χ1n) is 6.68. The van der Waals surface area contributed by atoms with Crippen LogP contribution in [0, 0.1) is 5.82 Å². The van der Waals surface area contributed by atoms with E-state index in [4.69, 9.17) is 0 Å². The van der Waals surface area contributed by atoms with E-state index in [0.717, 1.165) is 19.4 Å². The van der Waals surface area contributed by atoms with Crippen LogP contribution < -0.4 is 0 Å². The Morgan fingerprint density at radius 1 is 1.33 bits per heavy atom. The van der Waals surface area contributed by atoms with Crippen molar-refractivity contribution >= 4 is 0 Å². The van der Waals surface area contributed by atoms with Crippen molar-refractivity contribution in [2.75, 3.05) is 13.6 Å². The molecule has 0 spiro atoms. The zero-order chi connectivity index (χ0) is 13.5. The maximum atomic E-state index is 13.0. The molecular formula is C15H24FNO. The molecular weight excluding hydrogens is 229 g/mol. The van der Waals surface area contributed by atoms with Gasteiger partial charge in [-0.3, -0.25) is 0 Å². The summed E-state index contributed by atoms with van der Waals surface area (Å²) < 4.78 is 13.0. The first kappa shape index (κ1) is 15.1. The predicted molar refractivity (Wildman–Crippen MR) is 73.0 cm³/mol. The summed E-state index contributed by atoms with van der Waals surface area (Å²) >= 11 is 0. The van der Waals surface area contributed by atoms with Crippen LogP contribution in [-0.4, -0.2) is 29.6 Å². The Bertz CT molecular complexity index is 356. The zero-order valence-corrected chi connectivity index (χ0v) is 11.6. The first-order valence-corrected chi connectivity index (χ1v) is 6.68. The molecule has 0 heterocycles. The summed E-state index contributed by atoms with van der Waals surface area (Å²) in [4.78, 5) is 2.24. The van der Waals surface area contributed by atoms with E-state index in [9.17, 15) is 9.50 Å². The fourth-order valence-corrected chi connectivity index (χ4v) is 2.06. The Morgan fingerprint density at radius 2 is 2.06 bits per heavy atom. The summed E-state index contributed by atoms with van der Waals surface area (Å²) in [6.07, 6.45) is 2.37. The van der Waals surface area contributed by atoms with Crippen molar-refractivity contribution in [2.24, 2.45) is 0 Å². The minimum atomic E-state index is -0.586. The van der Waals surface area contributed by atoms with Gasteiger partial charge in [0.2, 0.25) is 0 Å². The number of rotatable bonds is 7. The van der Waals surface area contributed by atoms with Crippen molar-refractivity contribution in [1.82, 2.24) is 4.90 Å². The zero-order valence-electron chi connectivity index (χ0n) is 11.6. The van der Waals surface area contributed by atoms with Crippen molar-refractivity contribution in [3.05, 3.63) is 35.6 Å². The van der Waals surface area contributed by atoms with E-state index in [2.05, 4.69) is 25.8 Å². The molecule has 0 saturated heterocycles. The highest BCUT2D eigenvalue weighted by Gasteiger charge is 2.12. The Morgan fingerprint density at radius 3 is 2.67 bits per heavy atom. The lowest BCUT2D eigenvalue weighted by Gasteiger charge is -2.25. The van der Waals surface area contributed by atoms with E-state index in [1.54, 1.807) is 12.1 Å². The van der Waals surface area contributed by atoms with Gasteiger partial charge in [0.05, 0.1) is 6.10 Å². The second-order valence-electron chi connectivity index (χ2n) is 4.98. The molecule has 0 aliphatic rings. The maximum absolute atomic E-state index is 13.0. The predicted octanol–water partition coefficient (Wildman–Crippen LogP) is 3.37. The second kappa shape index (κ2) is 7.49. The SMILES string of the molecule is CCCC(C)N(C)CCC(O)c1cccc(F)c1. The van der Waals surface area contributed by atoms with Crippen molar-refractivity contribution in [3.63, 3.8) is 0 Å². The molecule has 102 valence electrons. The maximum Gasteiger partial charge on any atom is 0.123 e. The number of nitrogens with zero attached hydrogens (tertiary/aromatic N) is 1. The van der Waals surface area contributed by atoms with Crippen LogP contribution in [0.25, 0.3) is 0 Å². The number of aliphatic hydroxyl groups is 1. The van der Waals surface area contributed by atoms with Crippen molar-refractivity contribution in [3.8, 4) is 0 Å². The van der Waals surface area contributed by atoms with E-state index in [1.807, 2.05) is 0 Å². The average Bonchev–Trinajstić information content (AvgIpc) is 2.35. The molecule has 2 atom stereocenters. The van der Waals surface area contributed by atoms with Gasteiger partial charge < -0.3 is 10.0 Å². The topological polar surface area (TPSA) is 23.5 Å². The molecule has 2 nitrogen and oxygen atoms in total. The summed E-state index contributed by atoms with van der Waals surface area (Å²) in [5, 5.41) is 10.0. The van der Waals surface area contributed by atoms with Crippen LogP contribution in [0.2, 0.25) is 0 Å². The van der Waals surface area contributed by atoms with Crippen molar-refractivity contribution < 1.29 is 9.50 Å². The molecule has 0 bridgehead atoms. The summed E-state index contributed by atoms with van der Waals surface area (Å²) in [5.41, 5.74) is 0.659. The highest BCUT2D eigenvalue weighted by atomic mass is 19.1. The molecule has 1 aromatic carbocycles. The van der Waals surface area contributed by atoms with Gasteiger partial charge in [0.25, 0.3) is 0 Å². The van der Waals surface area contributed by atoms with E-state index >= 15 is 0 Å². The highest BCUT2D eigenvalue weighted by Crippen LogP contribution is 2.18. The summed E-state index contributed by atoms with van der Waals surface area (Å²) in [6.45, 7) is 5.18. The van der Waals surface area contributed by atoms with Gasteiger partial charge in [-0.15, -0.1) is 0 Å². The van der Waals surface area contributed by atoms with E-state index < -0.39 is 6.10 Å². The normalized spacial score (nSPS) is 14.8. The molecule has 18 heavy (non-hydrogen) atoms. The molecule has 0 radical (unpaired) electrons. The molecule has 1 rings (SSSR count). The van der Waals surface area contributed by atoms with Gasteiger partial charge in [-0.2, -0.15) is 0 Å². The lowest BCUT2D eigenvalue weighted by atomic mass is 10.1. The summed E-state index contributed by atoms with van der Waals surface area (Å²) in [7, 11) is 2.07. The average molecular weight is 253 g/mol. The first-order chi connectivity index (χ1) is 8.54. The third-order valence-corrected chi connectivity index (χ3v) is 3.45. The van der Waals surface area contributed by atoms with Gasteiger partial charge in [-0.25, -0.2) is 4.39 Å². The molecule has 0 aliphatic heterocycles. The van der Waals surface area contributed by atoms with Gasteiger partial charge in [0.15, 0.2) is 0 Å². The molecule has 3 heteroatoms. The summed E-state index contributed by atoms with van der Waals surface area (Å²) in [6, 6.07) is 6.72. The van der Waals surface area contributed by atoms with E-state index in [1.165, 1.54) is 12.1 Å². The van der Waals surface area contributed by atoms with Gasteiger partial charge in [-0.05, 0) is 44.5 Å². The Balaban J connectivity index is 2.43. The minimum Gasteiger partial charge on any atom is -0.388 e. The van der Waals surface area contributed by atoms with E-state index in [0.29, 0.717) is 18.0 Å². The molecule has 2 unspecified atom stereocenters. The van der Waals surface area contributed by atoms with Gasteiger partial charge in [-0.1, -0.05) is 25.5 Å². The molecule has 1 aromatic rings. The molecule has 1 N–H and O–H groups in total. The van der Waals surface area contributed by atoms with Crippen LogP contribution in [0.5, 0.6) is 0 Å². The third-order valence-electron chi connectivity index (χ3n) is 3.45. The monoisotopic (exact) mass is 253 g/mol. The van der Waals surface area contributed by atoms with Crippen LogP contribution in [0.1, 0.15) is 44.8 Å². The lowest BCUT2D eigenvalue weighted by molar-refractivity contribution is 0.137. The smallest absolute Gasteiger partial charge is 0.123 e. The molecule has 0 fully saturated rings. The number of aliphatic hydroxyl groups excluding tert-OH is 1. The second-order valence-corrected chi connectivity index (χ2v) is 4.98. The van der Waals surface area contributed by atoms with Crippen LogP contribution >= 0.6 is 0 Å². The van der Waals surface area contributed by atoms with Crippen LogP contribution in [-0.2, 0) is 0 Å². The van der Waals surface area contributed by atoms with E-state index in [-0.39, 0.29) is 5.82 Å². The van der Waals surface area contributed by atoms with Gasteiger partial charge in [0.1, 0.15) is 5.82 Å². The lowest BCUT2D eigenvalue weighted by Crippen LogP contribution is -2.30. The quantitative estimate of drug-likeness (QED) is 0.805. The molecule has 0 amide bonds. The van der Waals surface area contributed by atoms with Gasteiger partial charge in [0, 0.05) is 12.6 Å². The number of halogens is 1. The Kier molecular flexibility index (Phi) is 6.30. The minimum absolute atomic E-state index is 0.292. The fraction of sp³-hybridized carbons (Fsp3) is 0.600. The third kappa shape index (κ3) is 4.75. The fourth-order valence-electron chi connectivity index (χ4n) is 2.06. The molecule has 0 aromatic heterocycles. The highest BCUT2D eigenvalue weighted by molar-refractivity contribution is 5.18. The molecule has 0 saturated carbocycles. The largest absolute Gasteiger partial charge is 0.388 e. The Hall–Kier alpha value is -0.930. The van der Waals surface area contributed by atoms with Gasteiger partial charge >= 0.3 is 0 Å². The number of hydrogen-bond acceptors (Lipinski definition) is 2. The molecule has 0 aliphatic carbocycles. The van der Waals surface area contributed by atoms with Crippen LogP contribution in [0.3, 0.4) is 0 Å². The standard InChI is InChI=1S/C15H24FNO/c1-4-6-12(2)17(3)10-9-15(18)13-7-5-8-14(16)11-13/h5,7-8,11-12,15,18H,4,6,9-10H2,1-3H3. The van der Waals surface area contributed by atoms with Crippen LogP contribution in [0.15, 0.2) is 24.3 Å². The summed E-state index contributed by atoms with van der Waals surface area (Å²) in [5.74, 6) is -0.292. The van der Waals surface area contributed by atoms with Crippen molar-refractivity contribution in [2.45, 2.75) is 45.3 Å². The Labute approximate surface area is 109 Å². The number of benzene rings is 1.